The zero-order valence-corrected chi connectivity index (χ0v) is 17.7. The van der Waals surface area contributed by atoms with Gasteiger partial charge in [0.2, 0.25) is 11.5 Å². The minimum Gasteiger partial charge on any atom is -0.493 e. The maximum Gasteiger partial charge on any atom is 0.203 e. The van der Waals surface area contributed by atoms with Crippen LogP contribution in [-0.4, -0.2) is 42.7 Å². The molecule has 158 valence electrons. The van der Waals surface area contributed by atoms with Crippen LogP contribution in [0, 0.1) is 0 Å². The van der Waals surface area contributed by atoms with Crippen LogP contribution in [0.2, 0.25) is 0 Å². The van der Waals surface area contributed by atoms with Gasteiger partial charge >= 0.3 is 0 Å². The van der Waals surface area contributed by atoms with Crippen molar-refractivity contribution in [2.45, 2.75) is 25.0 Å². The molecule has 2 aromatic carbocycles. The zero-order chi connectivity index (χ0) is 21.0. The SMILES string of the molecule is COc1ccc(C2CCC(c3ccc(OC)c(OC)c3OC)O2)c(OC)c1OC. The van der Waals surface area contributed by atoms with Crippen molar-refractivity contribution in [3.63, 3.8) is 0 Å². The Bertz CT molecular complexity index is 780. The summed E-state index contributed by atoms with van der Waals surface area (Å²) in [7, 11) is 9.62. The molecule has 1 fully saturated rings. The van der Waals surface area contributed by atoms with E-state index in [1.54, 1.807) is 42.7 Å². The molecule has 2 aromatic rings. The van der Waals surface area contributed by atoms with E-state index in [-0.39, 0.29) is 12.2 Å². The first kappa shape index (κ1) is 20.9. The van der Waals surface area contributed by atoms with Gasteiger partial charge in [0.25, 0.3) is 0 Å². The first-order valence-corrected chi connectivity index (χ1v) is 9.36. The lowest BCUT2D eigenvalue weighted by molar-refractivity contribution is 0.0409. The van der Waals surface area contributed by atoms with E-state index in [4.69, 9.17) is 33.2 Å². The number of ether oxygens (including phenoxy) is 7. The lowest BCUT2D eigenvalue weighted by atomic mass is 10.0. The van der Waals surface area contributed by atoms with Gasteiger partial charge in [-0.15, -0.1) is 0 Å². The Morgan fingerprint density at radius 1 is 0.552 bits per heavy atom. The molecular formula is C22H28O7. The van der Waals surface area contributed by atoms with E-state index < -0.39 is 0 Å². The molecule has 1 saturated heterocycles. The Hall–Kier alpha value is -2.80. The molecular weight excluding hydrogens is 376 g/mol. The van der Waals surface area contributed by atoms with E-state index in [9.17, 15) is 0 Å². The number of methoxy groups -OCH3 is 6. The number of rotatable bonds is 8. The molecule has 0 radical (unpaired) electrons. The normalized spacial score (nSPS) is 18.3. The van der Waals surface area contributed by atoms with Crippen LogP contribution >= 0.6 is 0 Å². The quantitative estimate of drug-likeness (QED) is 0.649. The molecule has 1 aliphatic heterocycles. The molecule has 3 rings (SSSR count). The van der Waals surface area contributed by atoms with Crippen LogP contribution in [0.5, 0.6) is 34.5 Å². The summed E-state index contributed by atoms with van der Waals surface area (Å²) in [4.78, 5) is 0. The maximum atomic E-state index is 6.41. The lowest BCUT2D eigenvalue weighted by Crippen LogP contribution is -2.06. The molecule has 2 atom stereocenters. The van der Waals surface area contributed by atoms with Gasteiger partial charge < -0.3 is 33.2 Å². The van der Waals surface area contributed by atoms with Crippen LogP contribution in [0.1, 0.15) is 36.2 Å². The van der Waals surface area contributed by atoms with E-state index in [2.05, 4.69) is 0 Å². The number of hydrogen-bond acceptors (Lipinski definition) is 7. The van der Waals surface area contributed by atoms with Crippen molar-refractivity contribution in [2.24, 2.45) is 0 Å². The fourth-order valence-electron chi connectivity index (χ4n) is 3.85. The highest BCUT2D eigenvalue weighted by molar-refractivity contribution is 5.58. The van der Waals surface area contributed by atoms with Gasteiger partial charge in [-0.25, -0.2) is 0 Å². The lowest BCUT2D eigenvalue weighted by Gasteiger charge is -2.21. The molecule has 2 unspecified atom stereocenters. The molecule has 0 aliphatic carbocycles. The second-order valence-electron chi connectivity index (χ2n) is 6.54. The van der Waals surface area contributed by atoms with Crippen molar-refractivity contribution in [1.29, 1.82) is 0 Å². The van der Waals surface area contributed by atoms with Crippen LogP contribution in [-0.2, 0) is 4.74 Å². The van der Waals surface area contributed by atoms with Gasteiger partial charge in [-0.2, -0.15) is 0 Å². The molecule has 0 bridgehead atoms. The van der Waals surface area contributed by atoms with Crippen molar-refractivity contribution >= 4 is 0 Å². The second-order valence-corrected chi connectivity index (χ2v) is 6.54. The third-order valence-electron chi connectivity index (χ3n) is 5.18. The van der Waals surface area contributed by atoms with Crippen LogP contribution < -0.4 is 28.4 Å². The van der Waals surface area contributed by atoms with Gasteiger partial charge in [-0.1, -0.05) is 0 Å². The smallest absolute Gasteiger partial charge is 0.203 e. The van der Waals surface area contributed by atoms with Crippen LogP contribution in [0.25, 0.3) is 0 Å². The maximum absolute atomic E-state index is 6.41. The summed E-state index contributed by atoms with van der Waals surface area (Å²) in [5, 5.41) is 0. The molecule has 29 heavy (non-hydrogen) atoms. The molecule has 0 spiro atoms. The Kier molecular flexibility index (Phi) is 6.59. The average molecular weight is 404 g/mol. The van der Waals surface area contributed by atoms with Crippen molar-refractivity contribution in [2.75, 3.05) is 42.7 Å². The summed E-state index contributed by atoms with van der Waals surface area (Å²) < 4.78 is 39.4. The summed E-state index contributed by atoms with van der Waals surface area (Å²) in [5.41, 5.74) is 1.85. The molecule has 0 amide bonds. The first-order valence-electron chi connectivity index (χ1n) is 9.36. The molecule has 7 heteroatoms. The van der Waals surface area contributed by atoms with E-state index in [1.807, 2.05) is 24.3 Å². The highest BCUT2D eigenvalue weighted by Crippen LogP contribution is 2.51. The van der Waals surface area contributed by atoms with Crippen LogP contribution in [0.4, 0.5) is 0 Å². The minimum atomic E-state index is -0.146. The highest BCUT2D eigenvalue weighted by Gasteiger charge is 2.34. The summed E-state index contributed by atoms with van der Waals surface area (Å²) in [6, 6.07) is 7.65. The molecule has 0 aromatic heterocycles. The Balaban J connectivity index is 1.94. The Labute approximate surface area is 171 Å². The van der Waals surface area contributed by atoms with Crippen molar-refractivity contribution in [1.82, 2.24) is 0 Å². The topological polar surface area (TPSA) is 64.6 Å². The Morgan fingerprint density at radius 2 is 0.931 bits per heavy atom. The summed E-state index contributed by atoms with van der Waals surface area (Å²) in [5.74, 6) is 3.59. The van der Waals surface area contributed by atoms with Crippen LogP contribution in [0.3, 0.4) is 0 Å². The van der Waals surface area contributed by atoms with Gasteiger partial charge in [0.15, 0.2) is 23.0 Å². The number of hydrogen-bond donors (Lipinski definition) is 0. The van der Waals surface area contributed by atoms with Gasteiger partial charge in [0.1, 0.15) is 0 Å². The Morgan fingerprint density at radius 3 is 1.24 bits per heavy atom. The van der Waals surface area contributed by atoms with E-state index in [0.717, 1.165) is 24.0 Å². The van der Waals surface area contributed by atoms with Gasteiger partial charge in [-0.05, 0) is 37.1 Å². The standard InChI is InChI=1S/C22H28O7/c1-23-17-9-7-13(19(25-3)21(17)27-5)15-11-12-16(29-15)14-8-10-18(24-2)22(28-6)20(14)26-4/h7-10,15-16H,11-12H2,1-6H3. The zero-order valence-electron chi connectivity index (χ0n) is 17.7. The largest absolute Gasteiger partial charge is 0.493 e. The third-order valence-corrected chi connectivity index (χ3v) is 5.18. The molecule has 0 saturated carbocycles. The predicted molar refractivity (Wildman–Crippen MR) is 108 cm³/mol. The fraction of sp³-hybridized carbons (Fsp3) is 0.455. The fourth-order valence-corrected chi connectivity index (χ4v) is 3.85. The second kappa shape index (κ2) is 9.13. The molecule has 1 aliphatic rings. The summed E-state index contributed by atoms with van der Waals surface area (Å²) in [6.07, 6.45) is 1.36. The van der Waals surface area contributed by atoms with Crippen molar-refractivity contribution in [3.05, 3.63) is 35.4 Å². The molecule has 0 N–H and O–H groups in total. The van der Waals surface area contributed by atoms with Gasteiger partial charge in [-0.3, -0.25) is 0 Å². The van der Waals surface area contributed by atoms with E-state index in [0.29, 0.717) is 34.5 Å². The highest BCUT2D eigenvalue weighted by atomic mass is 16.5. The van der Waals surface area contributed by atoms with Gasteiger partial charge in [0, 0.05) is 11.1 Å². The van der Waals surface area contributed by atoms with Gasteiger partial charge in [0.05, 0.1) is 54.9 Å². The monoisotopic (exact) mass is 404 g/mol. The summed E-state index contributed by atoms with van der Waals surface area (Å²) in [6.45, 7) is 0. The number of benzene rings is 2. The van der Waals surface area contributed by atoms with Crippen molar-refractivity contribution in [3.8, 4) is 34.5 Å². The minimum absolute atomic E-state index is 0.146. The molecule has 7 nitrogen and oxygen atoms in total. The van der Waals surface area contributed by atoms with Crippen LogP contribution in [0.15, 0.2) is 24.3 Å². The average Bonchev–Trinajstić information content (AvgIpc) is 3.26. The third kappa shape index (κ3) is 3.74. The van der Waals surface area contributed by atoms with E-state index >= 15 is 0 Å². The molecule has 1 heterocycles. The predicted octanol–water partition coefficient (Wildman–Crippen LogP) is 4.33. The first-order chi connectivity index (χ1) is 14.1. The van der Waals surface area contributed by atoms with E-state index in [1.165, 1.54) is 0 Å². The summed E-state index contributed by atoms with van der Waals surface area (Å²) >= 11 is 0. The van der Waals surface area contributed by atoms with Crippen molar-refractivity contribution < 1.29 is 33.2 Å².